The van der Waals surface area contributed by atoms with Gasteiger partial charge >= 0.3 is 0 Å². The van der Waals surface area contributed by atoms with Gasteiger partial charge in [-0.15, -0.1) is 0 Å². The van der Waals surface area contributed by atoms with Crippen LogP contribution >= 0.6 is 0 Å². The number of nitrogens with one attached hydrogen (secondary N) is 1. The average molecular weight is 381 g/mol. The van der Waals surface area contributed by atoms with Crippen LogP contribution in [0.5, 0.6) is 0 Å². The van der Waals surface area contributed by atoms with Crippen LogP contribution in [0, 0.1) is 12.8 Å². The lowest BCUT2D eigenvalue weighted by Crippen LogP contribution is -2.44. The van der Waals surface area contributed by atoms with Crippen LogP contribution in [-0.4, -0.2) is 51.0 Å². The van der Waals surface area contributed by atoms with Crippen LogP contribution in [-0.2, 0) is 25.3 Å². The van der Waals surface area contributed by atoms with Crippen LogP contribution in [0.15, 0.2) is 24.3 Å². The van der Waals surface area contributed by atoms with Gasteiger partial charge in [0.2, 0.25) is 15.9 Å². The number of carbonyl (C=O) groups excluding carboxylic acids is 1. The lowest BCUT2D eigenvalue weighted by Gasteiger charge is -2.30. The quantitative estimate of drug-likeness (QED) is 0.817. The molecule has 0 saturated carbocycles. The molecule has 1 atom stereocenters. The first-order chi connectivity index (χ1) is 12.4. The molecule has 1 aromatic rings. The second-order valence-electron chi connectivity index (χ2n) is 7.30. The van der Waals surface area contributed by atoms with E-state index in [0.29, 0.717) is 32.5 Å². The molecule has 26 heavy (non-hydrogen) atoms. The molecular weight excluding hydrogens is 352 g/mol. The zero-order chi connectivity index (χ0) is 18.6. The summed E-state index contributed by atoms with van der Waals surface area (Å²) in [6.45, 7) is 4.13. The maximum absolute atomic E-state index is 12.6. The molecule has 0 radical (unpaired) electrons. The minimum Gasteiger partial charge on any atom is -0.376 e. The zero-order valence-corrected chi connectivity index (χ0v) is 16.1. The normalized spacial score (nSPS) is 22.4. The number of amides is 1. The highest BCUT2D eigenvalue weighted by Gasteiger charge is 2.31. The van der Waals surface area contributed by atoms with Gasteiger partial charge in [-0.2, -0.15) is 0 Å². The Morgan fingerprint density at radius 3 is 2.50 bits per heavy atom. The Balaban J connectivity index is 1.47. The van der Waals surface area contributed by atoms with Gasteiger partial charge in [0, 0.05) is 32.2 Å². The smallest absolute Gasteiger partial charge is 0.223 e. The topological polar surface area (TPSA) is 75.7 Å². The van der Waals surface area contributed by atoms with Crippen molar-refractivity contribution < 1.29 is 17.9 Å². The predicted molar refractivity (Wildman–Crippen MR) is 100 cm³/mol. The molecule has 2 heterocycles. The van der Waals surface area contributed by atoms with Crippen LogP contribution in [0.25, 0.3) is 0 Å². The Morgan fingerprint density at radius 1 is 1.19 bits per heavy atom. The van der Waals surface area contributed by atoms with Gasteiger partial charge < -0.3 is 10.1 Å². The van der Waals surface area contributed by atoms with Crippen molar-refractivity contribution in [3.05, 3.63) is 35.4 Å². The van der Waals surface area contributed by atoms with Crippen molar-refractivity contribution in [2.24, 2.45) is 5.92 Å². The van der Waals surface area contributed by atoms with Crippen LogP contribution in [0.3, 0.4) is 0 Å². The molecule has 2 fully saturated rings. The maximum atomic E-state index is 12.6. The number of hydrogen-bond acceptors (Lipinski definition) is 4. The molecule has 1 aromatic carbocycles. The molecule has 6 nitrogen and oxygen atoms in total. The molecule has 2 aliphatic rings. The number of piperidine rings is 1. The van der Waals surface area contributed by atoms with Crippen molar-refractivity contribution in [3.8, 4) is 0 Å². The SMILES string of the molecule is Cc1ccc(CS(=O)(=O)N2CCC(C(=O)NCC3CCCO3)CC2)cc1. The van der Waals surface area contributed by atoms with Crippen LogP contribution in [0.2, 0.25) is 0 Å². The molecule has 2 saturated heterocycles. The van der Waals surface area contributed by atoms with E-state index < -0.39 is 10.0 Å². The Bertz CT molecular complexity index is 704. The molecule has 0 aliphatic carbocycles. The summed E-state index contributed by atoms with van der Waals surface area (Å²) in [7, 11) is -3.34. The van der Waals surface area contributed by atoms with Crippen LogP contribution in [0.4, 0.5) is 0 Å². The Hall–Kier alpha value is -1.44. The summed E-state index contributed by atoms with van der Waals surface area (Å²) < 4.78 is 32.3. The van der Waals surface area contributed by atoms with E-state index in [0.717, 1.165) is 30.6 Å². The fourth-order valence-corrected chi connectivity index (χ4v) is 5.11. The monoisotopic (exact) mass is 380 g/mol. The van der Waals surface area contributed by atoms with E-state index in [1.165, 1.54) is 4.31 Å². The third kappa shape index (κ3) is 5.05. The number of ether oxygens (including phenoxy) is 1. The highest BCUT2D eigenvalue weighted by atomic mass is 32.2. The molecule has 144 valence electrons. The fourth-order valence-electron chi connectivity index (χ4n) is 3.55. The van der Waals surface area contributed by atoms with Crippen LogP contribution in [0.1, 0.15) is 36.8 Å². The van der Waals surface area contributed by atoms with E-state index in [4.69, 9.17) is 4.74 Å². The molecular formula is C19H28N2O4S. The van der Waals surface area contributed by atoms with Gasteiger partial charge in [0.1, 0.15) is 0 Å². The largest absolute Gasteiger partial charge is 0.376 e. The molecule has 3 rings (SSSR count). The molecule has 7 heteroatoms. The van der Waals surface area contributed by atoms with Crippen molar-refractivity contribution in [3.63, 3.8) is 0 Å². The summed E-state index contributed by atoms with van der Waals surface area (Å²) in [5.74, 6) is -0.0679. The predicted octanol–water partition coefficient (Wildman–Crippen LogP) is 1.83. The molecule has 2 aliphatic heterocycles. The van der Waals surface area contributed by atoms with Gasteiger partial charge in [0.25, 0.3) is 0 Å². The van der Waals surface area contributed by atoms with E-state index in [9.17, 15) is 13.2 Å². The van der Waals surface area contributed by atoms with Gasteiger partial charge in [-0.05, 0) is 38.2 Å². The maximum Gasteiger partial charge on any atom is 0.223 e. The number of rotatable bonds is 6. The summed E-state index contributed by atoms with van der Waals surface area (Å²) in [6, 6.07) is 7.57. The lowest BCUT2D eigenvalue weighted by atomic mass is 9.97. The van der Waals surface area contributed by atoms with E-state index in [1.807, 2.05) is 31.2 Å². The van der Waals surface area contributed by atoms with Gasteiger partial charge in [0.15, 0.2) is 0 Å². The zero-order valence-electron chi connectivity index (χ0n) is 15.3. The number of hydrogen-bond donors (Lipinski definition) is 1. The molecule has 1 amide bonds. The molecule has 0 spiro atoms. The second kappa shape index (κ2) is 8.50. The lowest BCUT2D eigenvalue weighted by molar-refractivity contribution is -0.126. The first-order valence-corrected chi connectivity index (χ1v) is 11.0. The van der Waals surface area contributed by atoms with E-state index in [2.05, 4.69) is 5.32 Å². The average Bonchev–Trinajstić information content (AvgIpc) is 3.15. The van der Waals surface area contributed by atoms with Gasteiger partial charge in [-0.1, -0.05) is 29.8 Å². The van der Waals surface area contributed by atoms with Gasteiger partial charge in [-0.3, -0.25) is 4.79 Å². The molecule has 1 N–H and O–H groups in total. The molecule has 0 aromatic heterocycles. The minimum absolute atomic E-state index is 0.0170. The number of sulfonamides is 1. The van der Waals surface area contributed by atoms with Crippen LogP contribution < -0.4 is 5.32 Å². The van der Waals surface area contributed by atoms with Crippen molar-refractivity contribution in [1.29, 1.82) is 0 Å². The molecule has 1 unspecified atom stereocenters. The fraction of sp³-hybridized carbons (Fsp3) is 0.632. The van der Waals surface area contributed by atoms with Crippen molar-refractivity contribution in [2.45, 2.75) is 44.5 Å². The van der Waals surface area contributed by atoms with E-state index in [-0.39, 0.29) is 23.7 Å². The third-order valence-corrected chi connectivity index (χ3v) is 7.07. The summed E-state index contributed by atoms with van der Waals surface area (Å²) in [5.41, 5.74) is 1.91. The number of aryl methyl sites for hydroxylation is 1. The van der Waals surface area contributed by atoms with Gasteiger partial charge in [0.05, 0.1) is 11.9 Å². The van der Waals surface area contributed by atoms with Crippen molar-refractivity contribution >= 4 is 15.9 Å². The summed E-state index contributed by atoms with van der Waals surface area (Å²) >= 11 is 0. The highest BCUT2D eigenvalue weighted by molar-refractivity contribution is 7.88. The van der Waals surface area contributed by atoms with Crippen molar-refractivity contribution in [1.82, 2.24) is 9.62 Å². The Morgan fingerprint density at radius 2 is 1.88 bits per heavy atom. The number of carbonyl (C=O) groups is 1. The first-order valence-electron chi connectivity index (χ1n) is 9.37. The van der Waals surface area contributed by atoms with E-state index in [1.54, 1.807) is 0 Å². The molecule has 0 bridgehead atoms. The summed E-state index contributed by atoms with van der Waals surface area (Å²) in [4.78, 5) is 12.3. The van der Waals surface area contributed by atoms with E-state index >= 15 is 0 Å². The summed E-state index contributed by atoms with van der Waals surface area (Å²) in [6.07, 6.45) is 3.33. The first kappa shape index (κ1) is 19.3. The third-order valence-electron chi connectivity index (χ3n) is 5.22. The standard InChI is InChI=1S/C19H28N2O4S/c1-15-4-6-16(7-5-15)14-26(23,24)21-10-8-17(9-11-21)19(22)20-13-18-3-2-12-25-18/h4-7,17-18H,2-3,8-14H2,1H3,(H,20,22). The second-order valence-corrected chi connectivity index (χ2v) is 9.26. The Kier molecular flexibility index (Phi) is 6.32. The number of nitrogens with zero attached hydrogens (tertiary/aromatic N) is 1. The number of benzene rings is 1. The summed E-state index contributed by atoms with van der Waals surface area (Å²) in [5, 5.41) is 2.96. The highest BCUT2D eigenvalue weighted by Crippen LogP contribution is 2.22. The van der Waals surface area contributed by atoms with Crippen molar-refractivity contribution in [2.75, 3.05) is 26.2 Å². The Labute approximate surface area is 156 Å². The minimum atomic E-state index is -3.34. The van der Waals surface area contributed by atoms with Gasteiger partial charge in [-0.25, -0.2) is 12.7 Å².